The summed E-state index contributed by atoms with van der Waals surface area (Å²) in [5.41, 5.74) is 1.81. The molecule has 0 heterocycles. The Morgan fingerprint density at radius 1 is 1.40 bits per heavy atom. The number of benzene rings is 1. The molecule has 2 rings (SSSR count). The molecule has 110 valence electrons. The fourth-order valence-electron chi connectivity index (χ4n) is 2.76. The minimum absolute atomic E-state index is 0.0143. The maximum absolute atomic E-state index is 12.1. The summed E-state index contributed by atoms with van der Waals surface area (Å²) in [6.45, 7) is 3.63. The molecule has 0 aliphatic heterocycles. The standard InChI is InChI=1S/C16H23BrN2O/c1-12-11-13(7-8-15(12)17)16(20)18-9-10-19(2)14-5-3-4-6-14/h7-8,11,14H,3-6,9-10H2,1-2H3,(H,18,20). The molecule has 20 heavy (non-hydrogen) atoms. The molecular weight excluding hydrogens is 316 g/mol. The van der Waals surface area contributed by atoms with Crippen LogP contribution in [0.15, 0.2) is 22.7 Å². The van der Waals surface area contributed by atoms with Gasteiger partial charge in [-0.3, -0.25) is 4.79 Å². The van der Waals surface area contributed by atoms with E-state index in [9.17, 15) is 4.79 Å². The fourth-order valence-corrected chi connectivity index (χ4v) is 3.01. The van der Waals surface area contributed by atoms with Gasteiger partial charge in [-0.05, 0) is 50.6 Å². The van der Waals surface area contributed by atoms with Crippen LogP contribution in [0.2, 0.25) is 0 Å². The lowest BCUT2D eigenvalue weighted by atomic mass is 10.1. The van der Waals surface area contributed by atoms with Crippen LogP contribution in [0, 0.1) is 6.92 Å². The molecule has 1 saturated carbocycles. The number of amides is 1. The van der Waals surface area contributed by atoms with Crippen LogP contribution in [-0.4, -0.2) is 37.0 Å². The van der Waals surface area contributed by atoms with E-state index in [0.717, 1.165) is 22.1 Å². The van der Waals surface area contributed by atoms with Crippen LogP contribution in [0.4, 0.5) is 0 Å². The molecule has 1 N–H and O–H groups in total. The zero-order chi connectivity index (χ0) is 14.5. The number of nitrogens with one attached hydrogen (secondary N) is 1. The summed E-state index contributed by atoms with van der Waals surface area (Å²) < 4.78 is 1.04. The second kappa shape index (κ2) is 7.23. The Labute approximate surface area is 129 Å². The van der Waals surface area contributed by atoms with Crippen LogP contribution >= 0.6 is 15.9 Å². The van der Waals surface area contributed by atoms with Crippen LogP contribution in [-0.2, 0) is 0 Å². The zero-order valence-corrected chi connectivity index (χ0v) is 13.9. The summed E-state index contributed by atoms with van der Waals surface area (Å²) >= 11 is 3.45. The maximum Gasteiger partial charge on any atom is 0.251 e. The first-order chi connectivity index (χ1) is 9.58. The molecule has 3 nitrogen and oxygen atoms in total. The normalized spacial score (nSPS) is 15.8. The van der Waals surface area contributed by atoms with Crippen LogP contribution in [0.1, 0.15) is 41.6 Å². The summed E-state index contributed by atoms with van der Waals surface area (Å²) in [5, 5.41) is 3.00. The zero-order valence-electron chi connectivity index (χ0n) is 12.3. The van der Waals surface area contributed by atoms with E-state index in [2.05, 4.69) is 33.2 Å². The number of hydrogen-bond acceptors (Lipinski definition) is 2. The molecule has 1 aromatic carbocycles. The molecule has 0 unspecified atom stereocenters. The fraction of sp³-hybridized carbons (Fsp3) is 0.562. The highest BCUT2D eigenvalue weighted by Crippen LogP contribution is 2.21. The highest BCUT2D eigenvalue weighted by Gasteiger charge is 2.19. The Morgan fingerprint density at radius 2 is 2.10 bits per heavy atom. The number of carbonyl (C=O) groups is 1. The minimum Gasteiger partial charge on any atom is -0.351 e. The Hall–Kier alpha value is -0.870. The first-order valence-corrected chi connectivity index (χ1v) is 8.12. The van der Waals surface area contributed by atoms with Gasteiger partial charge in [-0.15, -0.1) is 0 Å². The quantitative estimate of drug-likeness (QED) is 0.892. The van der Waals surface area contributed by atoms with Crippen LogP contribution in [0.5, 0.6) is 0 Å². The number of likely N-dealkylation sites (N-methyl/N-ethyl adjacent to an activating group) is 1. The summed E-state index contributed by atoms with van der Waals surface area (Å²) in [6, 6.07) is 6.41. The average molecular weight is 339 g/mol. The first kappa shape index (κ1) is 15.5. The molecule has 0 bridgehead atoms. The van der Waals surface area contributed by atoms with Crippen molar-refractivity contribution in [3.63, 3.8) is 0 Å². The van der Waals surface area contributed by atoms with E-state index in [-0.39, 0.29) is 5.91 Å². The summed E-state index contributed by atoms with van der Waals surface area (Å²) in [5.74, 6) is 0.0143. The van der Waals surface area contributed by atoms with Gasteiger partial charge in [-0.2, -0.15) is 0 Å². The van der Waals surface area contributed by atoms with E-state index < -0.39 is 0 Å². The molecular formula is C16H23BrN2O. The molecule has 0 spiro atoms. The average Bonchev–Trinajstić information content (AvgIpc) is 2.95. The van der Waals surface area contributed by atoms with Crippen molar-refractivity contribution >= 4 is 21.8 Å². The third kappa shape index (κ3) is 4.06. The van der Waals surface area contributed by atoms with Crippen molar-refractivity contribution in [1.29, 1.82) is 0 Å². The number of nitrogens with zero attached hydrogens (tertiary/aromatic N) is 1. The van der Waals surface area contributed by atoms with Crippen molar-refractivity contribution in [2.75, 3.05) is 20.1 Å². The molecule has 0 atom stereocenters. The molecule has 1 aliphatic rings. The van der Waals surface area contributed by atoms with Gasteiger partial charge in [0.05, 0.1) is 0 Å². The second-order valence-corrected chi connectivity index (χ2v) is 6.49. The van der Waals surface area contributed by atoms with Gasteiger partial charge in [0.2, 0.25) is 0 Å². The Balaban J connectivity index is 1.78. The molecule has 1 aromatic rings. The highest BCUT2D eigenvalue weighted by atomic mass is 79.9. The predicted octanol–water partition coefficient (Wildman–Crippen LogP) is 3.36. The van der Waals surface area contributed by atoms with E-state index in [0.29, 0.717) is 12.6 Å². The van der Waals surface area contributed by atoms with Gasteiger partial charge in [0.1, 0.15) is 0 Å². The Kier molecular flexibility index (Phi) is 5.61. The summed E-state index contributed by atoms with van der Waals surface area (Å²) in [4.78, 5) is 14.4. The largest absolute Gasteiger partial charge is 0.351 e. The van der Waals surface area contributed by atoms with Gasteiger partial charge in [0.25, 0.3) is 5.91 Å². The minimum atomic E-state index is 0.0143. The van der Waals surface area contributed by atoms with Crippen molar-refractivity contribution in [2.45, 2.75) is 38.6 Å². The van der Waals surface area contributed by atoms with Crippen LogP contribution in [0.25, 0.3) is 0 Å². The number of halogens is 1. The topological polar surface area (TPSA) is 32.3 Å². The summed E-state index contributed by atoms with van der Waals surface area (Å²) in [7, 11) is 2.16. The van der Waals surface area contributed by atoms with Crippen molar-refractivity contribution < 1.29 is 4.79 Å². The molecule has 1 amide bonds. The highest BCUT2D eigenvalue weighted by molar-refractivity contribution is 9.10. The van der Waals surface area contributed by atoms with Crippen molar-refractivity contribution in [1.82, 2.24) is 10.2 Å². The van der Waals surface area contributed by atoms with Crippen molar-refractivity contribution in [2.24, 2.45) is 0 Å². The number of rotatable bonds is 5. The van der Waals surface area contributed by atoms with Crippen LogP contribution in [0.3, 0.4) is 0 Å². The lowest BCUT2D eigenvalue weighted by Gasteiger charge is -2.23. The summed E-state index contributed by atoms with van der Waals surface area (Å²) in [6.07, 6.45) is 5.30. The maximum atomic E-state index is 12.1. The van der Waals surface area contributed by atoms with Gasteiger partial charge in [0, 0.05) is 29.2 Å². The first-order valence-electron chi connectivity index (χ1n) is 7.32. The lowest BCUT2D eigenvalue weighted by Crippen LogP contribution is -2.37. The van der Waals surface area contributed by atoms with E-state index >= 15 is 0 Å². The molecule has 0 saturated heterocycles. The third-order valence-corrected chi connectivity index (χ3v) is 5.01. The van der Waals surface area contributed by atoms with E-state index in [1.54, 1.807) is 0 Å². The van der Waals surface area contributed by atoms with Crippen molar-refractivity contribution in [3.8, 4) is 0 Å². The number of hydrogen-bond donors (Lipinski definition) is 1. The van der Waals surface area contributed by atoms with Crippen LogP contribution < -0.4 is 5.32 Å². The van der Waals surface area contributed by atoms with E-state index in [1.165, 1.54) is 25.7 Å². The van der Waals surface area contributed by atoms with Gasteiger partial charge < -0.3 is 10.2 Å². The van der Waals surface area contributed by atoms with E-state index in [1.807, 2.05) is 25.1 Å². The van der Waals surface area contributed by atoms with Gasteiger partial charge in [-0.25, -0.2) is 0 Å². The lowest BCUT2D eigenvalue weighted by molar-refractivity contribution is 0.0947. The predicted molar refractivity (Wildman–Crippen MR) is 86.1 cm³/mol. The number of carbonyl (C=O) groups excluding carboxylic acids is 1. The van der Waals surface area contributed by atoms with Crippen molar-refractivity contribution in [3.05, 3.63) is 33.8 Å². The monoisotopic (exact) mass is 338 g/mol. The SMILES string of the molecule is Cc1cc(C(=O)NCCN(C)C2CCCC2)ccc1Br. The smallest absolute Gasteiger partial charge is 0.251 e. The van der Waals surface area contributed by atoms with E-state index in [4.69, 9.17) is 0 Å². The molecule has 0 aromatic heterocycles. The Morgan fingerprint density at radius 3 is 2.75 bits per heavy atom. The van der Waals surface area contributed by atoms with Gasteiger partial charge in [-0.1, -0.05) is 28.8 Å². The van der Waals surface area contributed by atoms with Gasteiger partial charge >= 0.3 is 0 Å². The number of aryl methyl sites for hydroxylation is 1. The molecule has 1 aliphatic carbocycles. The second-order valence-electron chi connectivity index (χ2n) is 5.64. The molecule has 1 fully saturated rings. The molecule has 0 radical (unpaired) electrons. The molecule has 4 heteroatoms. The Bertz CT molecular complexity index is 470. The van der Waals surface area contributed by atoms with Gasteiger partial charge in [0.15, 0.2) is 0 Å². The third-order valence-electron chi connectivity index (χ3n) is 4.12.